The van der Waals surface area contributed by atoms with Gasteiger partial charge in [0, 0.05) is 17.3 Å². The molecule has 0 atom stereocenters. The number of carbonyl (C=O) groups excluding carboxylic acids is 1. The highest BCUT2D eigenvalue weighted by Crippen LogP contribution is 2.10. The Morgan fingerprint density at radius 1 is 1.42 bits per heavy atom. The molecule has 0 radical (unpaired) electrons. The molecule has 1 aromatic carbocycles. The molecule has 0 fully saturated rings. The van der Waals surface area contributed by atoms with E-state index in [1.54, 1.807) is 0 Å². The first-order valence-electron chi connectivity index (χ1n) is 3.15. The van der Waals surface area contributed by atoms with Crippen LogP contribution in [-0.2, 0) is 0 Å². The third-order valence-corrected chi connectivity index (χ3v) is 1.46. The molecular weight excluding hydrogens is 180 g/mol. The van der Waals surface area contributed by atoms with Gasteiger partial charge in [-0.3, -0.25) is 4.79 Å². The molecule has 0 unspecified atom stereocenters. The fraction of sp³-hybridized carbons (Fsp3) is 0. The van der Waals surface area contributed by atoms with Gasteiger partial charge in [0.1, 0.15) is 5.75 Å². The van der Waals surface area contributed by atoms with Crippen LogP contribution in [0.15, 0.2) is 24.3 Å². The van der Waals surface area contributed by atoms with Crippen molar-refractivity contribution in [2.75, 3.05) is 0 Å². The summed E-state index contributed by atoms with van der Waals surface area (Å²) in [5, 5.41) is 8.89. The Morgan fingerprint density at radius 3 is 2.33 bits per heavy atom. The summed E-state index contributed by atoms with van der Waals surface area (Å²) in [4.78, 5) is 11.0. The molecule has 4 nitrogen and oxygen atoms in total. The van der Waals surface area contributed by atoms with Crippen LogP contribution in [0, 0.1) is 0 Å². The van der Waals surface area contributed by atoms with Crippen molar-refractivity contribution in [2.24, 2.45) is 5.84 Å². The second-order valence-corrected chi connectivity index (χ2v) is 2.53. The monoisotopic (exact) mass is 186 g/mol. The number of phenolic OH excluding ortho intramolecular Hbond substituents is 1. The first kappa shape index (κ1) is 8.83. The summed E-state index contributed by atoms with van der Waals surface area (Å²) in [6.45, 7) is 0. The molecule has 5 heteroatoms. The number of amides is 1. The second kappa shape index (κ2) is 3.42. The number of hydrazine groups is 1. The molecule has 12 heavy (non-hydrogen) atoms. The summed E-state index contributed by atoms with van der Waals surface area (Å²) in [5.74, 6) is 4.56. The molecule has 0 spiro atoms. The second-order valence-electron chi connectivity index (χ2n) is 2.16. The zero-order chi connectivity index (χ0) is 9.14. The largest absolute Gasteiger partial charge is 0.508 e. The van der Waals surface area contributed by atoms with Crippen molar-refractivity contribution in [3.63, 3.8) is 0 Å². The summed E-state index contributed by atoms with van der Waals surface area (Å²) >= 11 is 5.20. The van der Waals surface area contributed by atoms with E-state index < -0.39 is 5.91 Å². The molecule has 0 saturated heterocycles. The number of carbonyl (C=O) groups is 1. The van der Waals surface area contributed by atoms with Gasteiger partial charge < -0.3 is 5.11 Å². The van der Waals surface area contributed by atoms with Crippen LogP contribution >= 0.6 is 11.8 Å². The van der Waals surface area contributed by atoms with E-state index in [-0.39, 0.29) is 5.75 Å². The van der Waals surface area contributed by atoms with Crippen LogP contribution in [0.1, 0.15) is 10.4 Å². The van der Waals surface area contributed by atoms with Gasteiger partial charge in [-0.25, -0.2) is 5.84 Å². The Morgan fingerprint density at radius 2 is 1.92 bits per heavy atom. The fourth-order valence-corrected chi connectivity index (χ4v) is 0.825. The maximum absolute atomic E-state index is 11.0. The van der Waals surface area contributed by atoms with Crippen molar-refractivity contribution in [2.45, 2.75) is 0 Å². The van der Waals surface area contributed by atoms with Gasteiger partial charge in [0.2, 0.25) is 0 Å². The minimum Gasteiger partial charge on any atom is -0.508 e. The Bertz CT molecular complexity index is 284. The first-order valence-corrected chi connectivity index (χ1v) is 3.49. The zero-order valence-electron chi connectivity index (χ0n) is 6.07. The summed E-state index contributed by atoms with van der Waals surface area (Å²) in [5.41, 5.74) is 0.324. The van der Waals surface area contributed by atoms with Crippen molar-refractivity contribution < 1.29 is 9.90 Å². The van der Waals surface area contributed by atoms with E-state index in [4.69, 9.17) is 22.7 Å². The van der Waals surface area contributed by atoms with E-state index >= 15 is 0 Å². The maximum atomic E-state index is 11.0. The summed E-state index contributed by atoms with van der Waals surface area (Å²) in [6, 6.07) is 5.63. The van der Waals surface area contributed by atoms with E-state index in [2.05, 4.69) is 0 Å². The zero-order valence-corrected chi connectivity index (χ0v) is 6.82. The molecular formula is C7H7ClN2O2. The highest BCUT2D eigenvalue weighted by atomic mass is 35.5. The predicted molar refractivity (Wildman–Crippen MR) is 44.3 cm³/mol. The smallest absolute Gasteiger partial charge is 0.282 e. The van der Waals surface area contributed by atoms with Crippen molar-refractivity contribution in [3.8, 4) is 5.75 Å². The molecule has 0 bridgehead atoms. The van der Waals surface area contributed by atoms with Crippen LogP contribution in [-0.4, -0.2) is 15.5 Å². The van der Waals surface area contributed by atoms with Crippen molar-refractivity contribution in [1.29, 1.82) is 0 Å². The Kier molecular flexibility index (Phi) is 2.52. The van der Waals surface area contributed by atoms with Crippen LogP contribution in [0.3, 0.4) is 0 Å². The van der Waals surface area contributed by atoms with Crippen LogP contribution in [0.5, 0.6) is 5.75 Å². The van der Waals surface area contributed by atoms with Crippen LogP contribution in [0.2, 0.25) is 0 Å². The lowest BCUT2D eigenvalue weighted by atomic mass is 10.2. The minimum atomic E-state index is -0.517. The molecule has 0 aliphatic rings. The molecule has 0 aromatic heterocycles. The molecule has 1 amide bonds. The van der Waals surface area contributed by atoms with Gasteiger partial charge in [-0.15, -0.1) is 0 Å². The third-order valence-electron chi connectivity index (χ3n) is 1.31. The standard InChI is InChI=1S/C7H7ClN2O2/c8-10(9)7(12)5-1-3-6(11)4-2-5/h1-4,11H,9H2. The number of nitrogens with zero attached hydrogens (tertiary/aromatic N) is 1. The van der Waals surface area contributed by atoms with Crippen LogP contribution < -0.4 is 5.84 Å². The summed E-state index contributed by atoms with van der Waals surface area (Å²) < 4.78 is 0.465. The quantitative estimate of drug-likeness (QED) is 0.296. The van der Waals surface area contributed by atoms with Crippen molar-refractivity contribution in [3.05, 3.63) is 29.8 Å². The summed E-state index contributed by atoms with van der Waals surface area (Å²) in [6.07, 6.45) is 0. The molecule has 1 rings (SSSR count). The van der Waals surface area contributed by atoms with E-state index in [1.165, 1.54) is 24.3 Å². The highest BCUT2D eigenvalue weighted by Gasteiger charge is 2.08. The molecule has 1 aromatic rings. The number of hydrogen-bond acceptors (Lipinski definition) is 3. The van der Waals surface area contributed by atoms with E-state index in [0.29, 0.717) is 10.1 Å². The average molecular weight is 187 g/mol. The van der Waals surface area contributed by atoms with E-state index in [9.17, 15) is 4.79 Å². The molecule has 3 N–H and O–H groups in total. The molecule has 0 aliphatic heterocycles. The molecule has 64 valence electrons. The Balaban J connectivity index is 2.90. The van der Waals surface area contributed by atoms with Gasteiger partial charge in [-0.1, -0.05) is 0 Å². The lowest BCUT2D eigenvalue weighted by molar-refractivity contribution is 0.0863. The van der Waals surface area contributed by atoms with Crippen molar-refractivity contribution >= 4 is 17.7 Å². The molecule has 0 aliphatic carbocycles. The Hall–Kier alpha value is -1.26. The van der Waals surface area contributed by atoms with E-state index in [1.807, 2.05) is 0 Å². The number of halogens is 1. The SMILES string of the molecule is NN(Cl)C(=O)c1ccc(O)cc1. The highest BCUT2D eigenvalue weighted by molar-refractivity contribution is 6.23. The molecule has 0 saturated carbocycles. The number of rotatable bonds is 1. The number of benzene rings is 1. The van der Waals surface area contributed by atoms with Crippen LogP contribution in [0.4, 0.5) is 0 Å². The average Bonchev–Trinajstić information content (AvgIpc) is 2.04. The number of nitrogens with two attached hydrogens (primary N) is 1. The van der Waals surface area contributed by atoms with Gasteiger partial charge in [0.25, 0.3) is 5.91 Å². The lowest BCUT2D eigenvalue weighted by Crippen LogP contribution is -2.27. The predicted octanol–water partition coefficient (Wildman–Crippen LogP) is 0.862. The fourth-order valence-electron chi connectivity index (χ4n) is 0.727. The normalized spacial score (nSPS) is 9.50. The first-order chi connectivity index (χ1) is 5.61. The van der Waals surface area contributed by atoms with E-state index in [0.717, 1.165) is 0 Å². The Labute approximate surface area is 74.2 Å². The van der Waals surface area contributed by atoms with Gasteiger partial charge in [0.15, 0.2) is 0 Å². The topological polar surface area (TPSA) is 66.6 Å². The van der Waals surface area contributed by atoms with Gasteiger partial charge in [-0.05, 0) is 24.3 Å². The summed E-state index contributed by atoms with van der Waals surface area (Å²) in [7, 11) is 0. The number of phenols is 1. The minimum absolute atomic E-state index is 0.0877. The maximum Gasteiger partial charge on any atom is 0.282 e. The number of aromatic hydroxyl groups is 1. The van der Waals surface area contributed by atoms with Gasteiger partial charge >= 0.3 is 0 Å². The lowest BCUT2D eigenvalue weighted by Gasteiger charge is -2.05. The number of hydrogen-bond donors (Lipinski definition) is 2. The van der Waals surface area contributed by atoms with Crippen LogP contribution in [0.25, 0.3) is 0 Å². The molecule has 0 heterocycles. The third kappa shape index (κ3) is 1.87. The van der Waals surface area contributed by atoms with Gasteiger partial charge in [-0.2, -0.15) is 4.53 Å². The van der Waals surface area contributed by atoms with Gasteiger partial charge in [0.05, 0.1) is 0 Å². The van der Waals surface area contributed by atoms with Crippen molar-refractivity contribution in [1.82, 2.24) is 4.53 Å².